The maximum absolute atomic E-state index is 13.4. The van der Waals surface area contributed by atoms with Gasteiger partial charge in [0.2, 0.25) is 5.82 Å². The minimum absolute atomic E-state index is 0.0827. The zero-order valence-electron chi connectivity index (χ0n) is 11.0. The summed E-state index contributed by atoms with van der Waals surface area (Å²) in [6, 6.07) is 4.92. The molecule has 120 valence electrons. The van der Waals surface area contributed by atoms with Gasteiger partial charge in [0, 0.05) is 12.1 Å². The van der Waals surface area contributed by atoms with Crippen LogP contribution in [-0.4, -0.2) is 11.1 Å². The van der Waals surface area contributed by atoms with Crippen LogP contribution in [0.1, 0.15) is 5.56 Å². The van der Waals surface area contributed by atoms with Gasteiger partial charge in [0.15, 0.2) is 23.3 Å². The Bertz CT molecular complexity index is 781. The Balaban J connectivity index is 2.28. The van der Waals surface area contributed by atoms with E-state index in [0.717, 1.165) is 6.07 Å². The molecular weight excluding hydrogens is 325 g/mol. The second-order valence-corrected chi connectivity index (χ2v) is 4.16. The van der Waals surface area contributed by atoms with Crippen LogP contribution in [0.3, 0.4) is 0 Å². The van der Waals surface area contributed by atoms with Gasteiger partial charge in [0.1, 0.15) is 0 Å². The Kier molecular flexibility index (Phi) is 4.53. The molecule has 0 heterocycles. The summed E-state index contributed by atoms with van der Waals surface area (Å²) in [7, 11) is 0. The van der Waals surface area contributed by atoms with Gasteiger partial charge in [-0.3, -0.25) is 15.5 Å². The third-order valence-electron chi connectivity index (χ3n) is 2.69. The molecule has 23 heavy (non-hydrogen) atoms. The first-order chi connectivity index (χ1) is 10.8. The average molecular weight is 331 g/mol. The van der Waals surface area contributed by atoms with Crippen molar-refractivity contribution in [3.8, 4) is 0 Å². The number of hydrogen-bond acceptors (Lipinski definition) is 4. The Labute approximate surface area is 125 Å². The van der Waals surface area contributed by atoms with E-state index in [-0.39, 0.29) is 11.4 Å². The summed E-state index contributed by atoms with van der Waals surface area (Å²) in [5, 5.41) is 13.9. The Morgan fingerprint density at radius 2 is 1.57 bits per heavy atom. The number of anilines is 1. The van der Waals surface area contributed by atoms with Crippen molar-refractivity contribution < 1.29 is 26.9 Å². The van der Waals surface area contributed by atoms with E-state index in [1.54, 1.807) is 0 Å². The first-order valence-corrected chi connectivity index (χ1v) is 5.88. The Hall–Kier alpha value is -3.04. The van der Waals surface area contributed by atoms with E-state index in [4.69, 9.17) is 0 Å². The molecule has 0 aliphatic heterocycles. The quantitative estimate of drug-likeness (QED) is 0.232. The van der Waals surface area contributed by atoms with E-state index >= 15 is 0 Å². The lowest BCUT2D eigenvalue weighted by atomic mass is 10.2. The van der Waals surface area contributed by atoms with Crippen LogP contribution in [0.2, 0.25) is 0 Å². The van der Waals surface area contributed by atoms with E-state index in [1.807, 2.05) is 0 Å². The van der Waals surface area contributed by atoms with Gasteiger partial charge >= 0.3 is 0 Å². The minimum atomic E-state index is -2.27. The van der Waals surface area contributed by atoms with Crippen molar-refractivity contribution in [1.82, 2.24) is 0 Å². The van der Waals surface area contributed by atoms with Crippen molar-refractivity contribution >= 4 is 17.6 Å². The molecular formula is C13H6F5N3O2. The number of halogens is 5. The van der Waals surface area contributed by atoms with Crippen LogP contribution >= 0.6 is 0 Å². The summed E-state index contributed by atoms with van der Waals surface area (Å²) in [6.07, 6.45) is 0.384. The Morgan fingerprint density at radius 1 is 1.00 bits per heavy atom. The molecule has 0 aliphatic carbocycles. The monoisotopic (exact) mass is 331 g/mol. The fourth-order valence-corrected chi connectivity index (χ4v) is 1.60. The SMILES string of the molecule is O=[N+]([O-])c1cccc(N/N=C\c2c(F)c(F)c(F)c(F)c2F)c1. The predicted molar refractivity (Wildman–Crippen MR) is 70.5 cm³/mol. The summed E-state index contributed by atoms with van der Waals surface area (Å²) in [5.41, 5.74) is 0.759. The van der Waals surface area contributed by atoms with Crippen LogP contribution < -0.4 is 5.43 Å². The van der Waals surface area contributed by atoms with Gasteiger partial charge in [-0.1, -0.05) is 6.07 Å². The van der Waals surface area contributed by atoms with E-state index in [9.17, 15) is 32.1 Å². The average Bonchev–Trinajstić information content (AvgIpc) is 2.54. The first-order valence-electron chi connectivity index (χ1n) is 5.88. The number of benzene rings is 2. The Morgan fingerprint density at radius 3 is 2.13 bits per heavy atom. The summed E-state index contributed by atoms with van der Waals surface area (Å²) >= 11 is 0. The molecule has 0 amide bonds. The van der Waals surface area contributed by atoms with Gasteiger partial charge in [-0.05, 0) is 6.07 Å². The van der Waals surface area contributed by atoms with Gasteiger partial charge in [0.25, 0.3) is 5.69 Å². The first kappa shape index (κ1) is 16.3. The molecule has 0 unspecified atom stereocenters. The number of nitro benzene ring substituents is 1. The van der Waals surface area contributed by atoms with Gasteiger partial charge in [0.05, 0.1) is 22.4 Å². The molecule has 0 atom stereocenters. The second kappa shape index (κ2) is 6.38. The number of nitrogens with zero attached hydrogens (tertiary/aromatic N) is 2. The second-order valence-electron chi connectivity index (χ2n) is 4.16. The smallest absolute Gasteiger partial charge is 0.271 e. The number of nitrogens with one attached hydrogen (secondary N) is 1. The largest absolute Gasteiger partial charge is 0.278 e. The third kappa shape index (κ3) is 3.25. The molecule has 0 saturated carbocycles. The maximum Gasteiger partial charge on any atom is 0.271 e. The highest BCUT2D eigenvalue weighted by Gasteiger charge is 2.24. The van der Waals surface area contributed by atoms with Crippen molar-refractivity contribution in [1.29, 1.82) is 0 Å². The number of hydrazone groups is 1. The molecule has 0 spiro atoms. The van der Waals surface area contributed by atoms with Gasteiger partial charge in [-0.15, -0.1) is 0 Å². The molecule has 2 aromatic rings. The highest BCUT2D eigenvalue weighted by Crippen LogP contribution is 2.22. The molecule has 2 rings (SSSR count). The van der Waals surface area contributed by atoms with Crippen LogP contribution in [0.15, 0.2) is 29.4 Å². The molecule has 1 N–H and O–H groups in total. The normalized spacial score (nSPS) is 11.0. The molecule has 0 saturated heterocycles. The predicted octanol–water partition coefficient (Wildman–Crippen LogP) is 3.74. The molecule has 0 aromatic heterocycles. The van der Waals surface area contributed by atoms with Crippen molar-refractivity contribution in [2.24, 2.45) is 5.10 Å². The lowest BCUT2D eigenvalue weighted by Gasteiger charge is -2.04. The van der Waals surface area contributed by atoms with E-state index in [1.165, 1.54) is 18.2 Å². The number of nitro groups is 1. The highest BCUT2D eigenvalue weighted by atomic mass is 19.2. The number of hydrogen-bond donors (Lipinski definition) is 1. The molecule has 0 aliphatic rings. The zero-order chi connectivity index (χ0) is 17.1. The van der Waals surface area contributed by atoms with Crippen LogP contribution in [0.4, 0.5) is 33.3 Å². The zero-order valence-corrected chi connectivity index (χ0v) is 11.0. The van der Waals surface area contributed by atoms with E-state index < -0.39 is 39.6 Å². The molecule has 5 nitrogen and oxygen atoms in total. The van der Waals surface area contributed by atoms with Gasteiger partial charge in [-0.25, -0.2) is 22.0 Å². The lowest BCUT2D eigenvalue weighted by molar-refractivity contribution is -0.384. The van der Waals surface area contributed by atoms with Crippen molar-refractivity contribution in [2.75, 3.05) is 5.43 Å². The lowest BCUT2D eigenvalue weighted by Crippen LogP contribution is -2.07. The van der Waals surface area contributed by atoms with Crippen molar-refractivity contribution in [3.05, 3.63) is 69.0 Å². The van der Waals surface area contributed by atoms with Crippen molar-refractivity contribution in [3.63, 3.8) is 0 Å². The summed E-state index contributed by atoms with van der Waals surface area (Å²) < 4.78 is 65.5. The molecule has 10 heteroatoms. The molecule has 2 aromatic carbocycles. The van der Waals surface area contributed by atoms with Crippen LogP contribution in [0.5, 0.6) is 0 Å². The van der Waals surface area contributed by atoms with Crippen molar-refractivity contribution in [2.45, 2.75) is 0 Å². The van der Waals surface area contributed by atoms with E-state index in [0.29, 0.717) is 6.21 Å². The van der Waals surface area contributed by atoms with Crippen LogP contribution in [0.25, 0.3) is 0 Å². The summed E-state index contributed by atoms with van der Waals surface area (Å²) in [5.74, 6) is -10.5. The number of non-ortho nitro benzene ring substituents is 1. The third-order valence-corrected chi connectivity index (χ3v) is 2.69. The standard InChI is InChI=1S/C13H6F5N3O2/c14-9-8(10(15)12(17)13(18)11(9)16)5-19-20-6-2-1-3-7(4-6)21(22)23/h1-5,20H/b19-5-. The topological polar surface area (TPSA) is 67.5 Å². The number of rotatable bonds is 4. The van der Waals surface area contributed by atoms with E-state index in [2.05, 4.69) is 10.5 Å². The molecule has 0 fully saturated rings. The minimum Gasteiger partial charge on any atom is -0.278 e. The van der Waals surface area contributed by atoms with Gasteiger partial charge < -0.3 is 0 Å². The molecule has 0 radical (unpaired) electrons. The maximum atomic E-state index is 13.4. The summed E-state index contributed by atoms with van der Waals surface area (Å²) in [4.78, 5) is 9.88. The highest BCUT2D eigenvalue weighted by molar-refractivity contribution is 5.81. The van der Waals surface area contributed by atoms with Crippen LogP contribution in [0, 0.1) is 39.2 Å². The molecule has 0 bridgehead atoms. The summed E-state index contributed by atoms with van der Waals surface area (Å²) in [6.45, 7) is 0. The fraction of sp³-hybridized carbons (Fsp3) is 0. The fourth-order valence-electron chi connectivity index (χ4n) is 1.60. The van der Waals surface area contributed by atoms with Crippen LogP contribution in [-0.2, 0) is 0 Å². The van der Waals surface area contributed by atoms with Gasteiger partial charge in [-0.2, -0.15) is 5.10 Å².